The number of aromatic nitrogens is 4. The van der Waals surface area contributed by atoms with Crippen LogP contribution in [0.5, 0.6) is 0 Å². The van der Waals surface area contributed by atoms with E-state index >= 15 is 0 Å². The molecule has 0 saturated heterocycles. The van der Waals surface area contributed by atoms with Crippen molar-refractivity contribution < 1.29 is 0 Å². The van der Waals surface area contributed by atoms with Crippen LogP contribution in [-0.2, 0) is 7.05 Å². The molecule has 0 spiro atoms. The maximum atomic E-state index is 6.47. The maximum absolute atomic E-state index is 6.47. The summed E-state index contributed by atoms with van der Waals surface area (Å²) in [6, 6.07) is 13.7. The fourth-order valence-electron chi connectivity index (χ4n) is 3.10. The molecular weight excluding hydrogens is 347 g/mol. The average Bonchev–Trinajstić information content (AvgIpc) is 3.10. The van der Waals surface area contributed by atoms with Gasteiger partial charge in [0, 0.05) is 13.1 Å². The summed E-state index contributed by atoms with van der Waals surface area (Å²) in [6.07, 6.45) is 0. The Labute approximate surface area is 157 Å². The Morgan fingerprint density at radius 3 is 2.65 bits per heavy atom. The zero-order chi connectivity index (χ0) is 18.4. The van der Waals surface area contributed by atoms with Gasteiger partial charge >= 0.3 is 0 Å². The fraction of sp³-hybridized carbons (Fsp3) is 0.111. The van der Waals surface area contributed by atoms with Crippen molar-refractivity contribution in [3.63, 3.8) is 0 Å². The number of nitrogens with one attached hydrogen (secondary N) is 1. The highest BCUT2D eigenvalue weighted by Crippen LogP contribution is 2.31. The molecule has 0 bridgehead atoms. The Morgan fingerprint density at radius 2 is 1.96 bits per heavy atom. The Balaban J connectivity index is 1.92. The summed E-state index contributed by atoms with van der Waals surface area (Å²) in [6.45, 7) is 2.02. The van der Waals surface area contributed by atoms with E-state index < -0.39 is 0 Å². The number of fused-ring (bicyclic) bond motifs is 1. The summed E-state index contributed by atoms with van der Waals surface area (Å²) in [4.78, 5) is 4.73. The largest absolute Gasteiger partial charge is 0.384 e. The van der Waals surface area contributed by atoms with Gasteiger partial charge in [-0.3, -0.25) is 9.25 Å². The number of aryl methyl sites for hydroxylation is 2. The smallest absolute Gasteiger partial charge is 0.214 e. The molecule has 6 nitrogen and oxygen atoms in total. The Bertz CT molecular complexity index is 1090. The van der Waals surface area contributed by atoms with Crippen LogP contribution in [0.1, 0.15) is 5.56 Å². The first-order valence-corrected chi connectivity index (χ1v) is 8.63. The number of hydrogen-bond donors (Lipinski definition) is 2. The third-order valence-corrected chi connectivity index (χ3v) is 4.66. The number of nitrogen functional groups attached to an aromatic ring is 1. The molecule has 0 fully saturated rings. The number of nitrogens with two attached hydrogens (primary N) is 1. The number of halogens is 1. The minimum Gasteiger partial charge on any atom is -0.384 e. The second kappa shape index (κ2) is 6.11. The first-order chi connectivity index (χ1) is 12.4. The Kier molecular flexibility index (Phi) is 3.88. The number of para-hydroxylation sites is 2. The second-order valence-electron chi connectivity index (χ2n) is 6.37. The molecule has 2 aromatic heterocycles. The minimum atomic E-state index is 0.577. The van der Waals surface area contributed by atoms with Crippen LogP contribution in [0, 0.1) is 6.92 Å². The Hall–Kier alpha value is -2.93. The van der Waals surface area contributed by atoms with Gasteiger partial charge in [0.1, 0.15) is 13.7 Å². The summed E-state index contributed by atoms with van der Waals surface area (Å²) in [5.74, 6) is 1.91. The van der Waals surface area contributed by atoms with Crippen LogP contribution in [0.25, 0.3) is 16.9 Å². The number of rotatable bonds is 3. The van der Waals surface area contributed by atoms with E-state index in [1.165, 1.54) is 0 Å². The van der Waals surface area contributed by atoms with E-state index in [0.29, 0.717) is 22.6 Å². The van der Waals surface area contributed by atoms with Gasteiger partial charge in [0.05, 0.1) is 21.7 Å². The van der Waals surface area contributed by atoms with E-state index in [9.17, 15) is 0 Å². The van der Waals surface area contributed by atoms with Gasteiger partial charge in [0.25, 0.3) is 0 Å². The molecule has 8 heteroatoms. The van der Waals surface area contributed by atoms with Crippen LogP contribution in [0.4, 0.5) is 17.5 Å². The molecule has 0 amide bonds. The average molecular weight is 365 g/mol. The molecule has 0 atom stereocenters. The molecule has 130 valence electrons. The van der Waals surface area contributed by atoms with Gasteiger partial charge in [0.2, 0.25) is 5.95 Å². The van der Waals surface area contributed by atoms with Crippen LogP contribution >= 0.6 is 11.6 Å². The second-order valence-corrected chi connectivity index (χ2v) is 6.78. The molecule has 4 rings (SSSR count). The van der Waals surface area contributed by atoms with Crippen LogP contribution in [0.3, 0.4) is 0 Å². The van der Waals surface area contributed by atoms with E-state index in [-0.39, 0.29) is 0 Å². The van der Waals surface area contributed by atoms with Crippen molar-refractivity contribution in [2.24, 2.45) is 7.05 Å². The topological polar surface area (TPSA) is 73.7 Å². The van der Waals surface area contributed by atoms with Crippen molar-refractivity contribution in [2.75, 3.05) is 11.1 Å². The van der Waals surface area contributed by atoms with Gasteiger partial charge in [-0.05, 0) is 30.7 Å². The first-order valence-electron chi connectivity index (χ1n) is 8.25. The third kappa shape index (κ3) is 2.70. The lowest BCUT2D eigenvalue weighted by molar-refractivity contribution is 0.764. The SMILES string of the molecule is Bc1cc(C)c(Nc2nc3ccccc3n2-c2cc(N)n(C)n2)c(Cl)c1. The number of nitrogens with zero attached hydrogens (tertiary/aromatic N) is 4. The summed E-state index contributed by atoms with van der Waals surface area (Å²) >= 11 is 6.47. The molecule has 2 aromatic carbocycles. The molecule has 3 N–H and O–H groups in total. The third-order valence-electron chi connectivity index (χ3n) is 4.36. The van der Waals surface area contributed by atoms with E-state index in [0.717, 1.165) is 27.7 Å². The number of benzene rings is 2. The highest BCUT2D eigenvalue weighted by atomic mass is 35.5. The summed E-state index contributed by atoms with van der Waals surface area (Å²) in [5.41, 5.74) is 10.8. The van der Waals surface area contributed by atoms with Crippen molar-refractivity contribution in [3.05, 3.63) is 53.1 Å². The fourth-order valence-corrected chi connectivity index (χ4v) is 3.47. The number of anilines is 3. The van der Waals surface area contributed by atoms with Crippen LogP contribution < -0.4 is 16.5 Å². The number of hydrogen-bond acceptors (Lipinski definition) is 4. The van der Waals surface area contributed by atoms with Gasteiger partial charge in [0.15, 0.2) is 5.82 Å². The predicted octanol–water partition coefficient (Wildman–Crippen LogP) is 2.31. The maximum Gasteiger partial charge on any atom is 0.214 e. The molecule has 2 heterocycles. The molecule has 0 aliphatic heterocycles. The summed E-state index contributed by atoms with van der Waals surface area (Å²) in [5, 5.41) is 8.54. The van der Waals surface area contributed by atoms with Crippen molar-refractivity contribution in [3.8, 4) is 5.82 Å². The predicted molar refractivity (Wildman–Crippen MR) is 110 cm³/mol. The quantitative estimate of drug-likeness (QED) is 0.547. The lowest BCUT2D eigenvalue weighted by Gasteiger charge is -2.13. The summed E-state index contributed by atoms with van der Waals surface area (Å²) < 4.78 is 3.58. The molecular formula is C18H18BClN6. The molecule has 0 aliphatic rings. The van der Waals surface area contributed by atoms with Crippen LogP contribution in [-0.4, -0.2) is 27.2 Å². The zero-order valence-corrected chi connectivity index (χ0v) is 15.5. The van der Waals surface area contributed by atoms with Crippen LogP contribution in [0.15, 0.2) is 42.5 Å². The van der Waals surface area contributed by atoms with Crippen molar-refractivity contribution in [1.82, 2.24) is 19.3 Å². The molecule has 4 aromatic rings. The van der Waals surface area contributed by atoms with Crippen LogP contribution in [0.2, 0.25) is 5.02 Å². The first kappa shape index (κ1) is 16.5. The molecule has 26 heavy (non-hydrogen) atoms. The van der Waals surface area contributed by atoms with E-state index in [2.05, 4.69) is 16.5 Å². The minimum absolute atomic E-state index is 0.577. The normalized spacial score (nSPS) is 11.2. The highest BCUT2D eigenvalue weighted by Gasteiger charge is 2.17. The Morgan fingerprint density at radius 1 is 1.19 bits per heavy atom. The monoisotopic (exact) mass is 364 g/mol. The van der Waals surface area contributed by atoms with Crippen molar-refractivity contribution in [1.29, 1.82) is 0 Å². The lowest BCUT2D eigenvalue weighted by Crippen LogP contribution is -2.08. The van der Waals surface area contributed by atoms with Gasteiger partial charge in [-0.2, -0.15) is 5.10 Å². The zero-order valence-electron chi connectivity index (χ0n) is 14.8. The van der Waals surface area contributed by atoms with E-state index in [4.69, 9.17) is 22.3 Å². The molecule has 0 radical (unpaired) electrons. The van der Waals surface area contributed by atoms with Gasteiger partial charge in [-0.15, -0.1) is 0 Å². The van der Waals surface area contributed by atoms with Gasteiger partial charge in [-0.1, -0.05) is 35.3 Å². The molecule has 0 saturated carbocycles. The van der Waals surface area contributed by atoms with Gasteiger partial charge < -0.3 is 11.1 Å². The standard InChI is InChI=1S/C18H18BClN6/c1-10-7-11(19)8-12(20)17(10)23-18-22-13-5-3-4-6-14(13)26(18)16-9-15(21)25(2)24-16/h3-9H,19,21H2,1-2H3,(H,22,23). The molecule has 0 unspecified atom stereocenters. The van der Waals surface area contributed by atoms with Crippen molar-refractivity contribution >= 4 is 53.4 Å². The van der Waals surface area contributed by atoms with Crippen molar-refractivity contribution in [2.45, 2.75) is 6.92 Å². The highest BCUT2D eigenvalue weighted by molar-refractivity contribution is 6.38. The van der Waals surface area contributed by atoms with E-state index in [1.54, 1.807) is 4.68 Å². The lowest BCUT2D eigenvalue weighted by atomic mass is 9.94. The van der Waals surface area contributed by atoms with Gasteiger partial charge in [-0.25, -0.2) is 4.98 Å². The number of imidazole rings is 1. The summed E-state index contributed by atoms with van der Waals surface area (Å²) in [7, 11) is 3.83. The molecule has 0 aliphatic carbocycles. The van der Waals surface area contributed by atoms with E-state index in [1.807, 2.05) is 62.8 Å².